The van der Waals surface area contributed by atoms with Crippen LogP contribution in [0.4, 0.5) is 18.9 Å². The molecule has 0 radical (unpaired) electrons. The van der Waals surface area contributed by atoms with Crippen molar-refractivity contribution >= 4 is 17.3 Å². The van der Waals surface area contributed by atoms with Crippen molar-refractivity contribution in [2.45, 2.75) is 38.7 Å². The fourth-order valence-corrected chi connectivity index (χ4v) is 3.59. The van der Waals surface area contributed by atoms with Crippen LogP contribution >= 0.6 is 11.6 Å². The molecular weight excluding hydrogens is 423 g/mol. The van der Waals surface area contributed by atoms with E-state index in [2.05, 4.69) is 20.3 Å². The van der Waals surface area contributed by atoms with Crippen molar-refractivity contribution < 1.29 is 17.9 Å². The minimum Gasteiger partial charge on any atom is -0.382 e. The second-order valence-electron chi connectivity index (χ2n) is 7.29. The molecule has 1 fully saturated rings. The van der Waals surface area contributed by atoms with Crippen LogP contribution in [-0.2, 0) is 10.9 Å². The lowest BCUT2D eigenvalue weighted by Crippen LogP contribution is -2.45. The maximum absolute atomic E-state index is 12.7. The van der Waals surface area contributed by atoms with Gasteiger partial charge in [0.2, 0.25) is 0 Å². The molecule has 0 amide bonds. The van der Waals surface area contributed by atoms with Crippen molar-refractivity contribution in [3.05, 3.63) is 45.5 Å². The predicted octanol–water partition coefficient (Wildman–Crippen LogP) is 3.21. The summed E-state index contributed by atoms with van der Waals surface area (Å²) in [5.41, 5.74) is -1.20. The van der Waals surface area contributed by atoms with Crippen LogP contribution in [0.5, 0.6) is 0 Å². The molecule has 0 aliphatic carbocycles. The normalized spacial score (nSPS) is 20.3. The van der Waals surface area contributed by atoms with Crippen LogP contribution in [0.15, 0.2) is 29.3 Å². The van der Waals surface area contributed by atoms with Crippen LogP contribution < -0.4 is 10.9 Å². The molecule has 30 heavy (non-hydrogen) atoms. The first kappa shape index (κ1) is 22.5. The summed E-state index contributed by atoms with van der Waals surface area (Å²) >= 11 is 6.15. The first-order valence-electron chi connectivity index (χ1n) is 9.58. The van der Waals surface area contributed by atoms with Gasteiger partial charge in [0, 0.05) is 32.4 Å². The van der Waals surface area contributed by atoms with Crippen LogP contribution in [0, 0.1) is 0 Å². The van der Waals surface area contributed by atoms with Gasteiger partial charge in [0.1, 0.15) is 5.02 Å². The number of nitrogens with zero attached hydrogens (tertiary/aromatic N) is 4. The Morgan fingerprint density at radius 3 is 2.53 bits per heavy atom. The number of hydrogen-bond acceptors (Lipinski definition) is 6. The van der Waals surface area contributed by atoms with Gasteiger partial charge in [0.25, 0.3) is 5.56 Å². The first-order valence-corrected chi connectivity index (χ1v) is 9.96. The highest BCUT2D eigenvalue weighted by Gasteiger charge is 2.30. The highest BCUT2D eigenvalue weighted by molar-refractivity contribution is 6.32. The van der Waals surface area contributed by atoms with Crippen molar-refractivity contribution in [1.82, 2.24) is 19.7 Å². The SMILES string of the molecule is CC1CN(CCCNc2cnn(-c3ccc(C(F)(F)F)cn3)c(=O)c2Cl)CC(C)O1. The van der Waals surface area contributed by atoms with Gasteiger partial charge < -0.3 is 10.1 Å². The van der Waals surface area contributed by atoms with E-state index >= 15 is 0 Å². The fourth-order valence-electron chi connectivity index (χ4n) is 3.39. The molecule has 0 spiro atoms. The molecule has 11 heteroatoms. The van der Waals surface area contributed by atoms with Crippen LogP contribution in [-0.4, -0.2) is 58.1 Å². The molecule has 2 unspecified atom stereocenters. The molecule has 3 heterocycles. The van der Waals surface area contributed by atoms with Gasteiger partial charge in [-0.1, -0.05) is 11.6 Å². The monoisotopic (exact) mass is 445 g/mol. The summed E-state index contributed by atoms with van der Waals surface area (Å²) in [6, 6.07) is 1.91. The van der Waals surface area contributed by atoms with Gasteiger partial charge in [-0.05, 0) is 32.4 Å². The summed E-state index contributed by atoms with van der Waals surface area (Å²) in [5.74, 6) is -0.0444. The summed E-state index contributed by atoms with van der Waals surface area (Å²) in [4.78, 5) is 18.5. The van der Waals surface area contributed by atoms with E-state index in [4.69, 9.17) is 16.3 Å². The molecule has 1 aliphatic rings. The Morgan fingerprint density at radius 2 is 1.93 bits per heavy atom. The largest absolute Gasteiger partial charge is 0.417 e. The average molecular weight is 446 g/mol. The standard InChI is InChI=1S/C19H23ClF3N5O2/c1-12-10-27(11-13(2)30-12)7-3-6-24-15-9-26-28(18(29)17(15)20)16-5-4-14(8-25-16)19(21,22)23/h4-5,8-9,12-13,24H,3,6-7,10-11H2,1-2H3. The van der Waals surface area contributed by atoms with Crippen molar-refractivity contribution in [3.63, 3.8) is 0 Å². The molecule has 1 N–H and O–H groups in total. The number of hydrogen-bond donors (Lipinski definition) is 1. The van der Waals surface area contributed by atoms with Gasteiger partial charge in [-0.2, -0.15) is 23.0 Å². The van der Waals surface area contributed by atoms with Gasteiger partial charge in [-0.25, -0.2) is 4.98 Å². The smallest absolute Gasteiger partial charge is 0.382 e. The summed E-state index contributed by atoms with van der Waals surface area (Å²) in [7, 11) is 0. The van der Waals surface area contributed by atoms with Gasteiger partial charge in [0.15, 0.2) is 5.82 Å². The molecule has 2 aromatic rings. The number of aromatic nitrogens is 3. The van der Waals surface area contributed by atoms with E-state index in [1.807, 2.05) is 13.8 Å². The van der Waals surface area contributed by atoms with Crippen molar-refractivity contribution in [3.8, 4) is 5.82 Å². The zero-order valence-corrected chi connectivity index (χ0v) is 17.4. The third-order valence-corrected chi connectivity index (χ3v) is 5.04. The van der Waals surface area contributed by atoms with Crippen molar-refractivity contribution in [2.24, 2.45) is 0 Å². The highest BCUT2D eigenvalue weighted by atomic mass is 35.5. The maximum Gasteiger partial charge on any atom is 0.417 e. The van der Waals surface area contributed by atoms with E-state index in [1.54, 1.807) is 0 Å². The summed E-state index contributed by atoms with van der Waals surface area (Å²) in [6.45, 7) is 7.32. The topological polar surface area (TPSA) is 72.3 Å². The van der Waals surface area contributed by atoms with Crippen molar-refractivity contribution in [2.75, 3.05) is 31.5 Å². The lowest BCUT2D eigenvalue weighted by atomic mass is 10.2. The summed E-state index contributed by atoms with van der Waals surface area (Å²) in [5, 5.41) is 6.97. The molecule has 0 bridgehead atoms. The van der Waals surface area contributed by atoms with Gasteiger partial charge in [-0.15, -0.1) is 0 Å². The highest BCUT2D eigenvalue weighted by Crippen LogP contribution is 2.28. The van der Waals surface area contributed by atoms with E-state index in [0.717, 1.165) is 42.9 Å². The zero-order valence-electron chi connectivity index (χ0n) is 16.6. The fraction of sp³-hybridized carbons (Fsp3) is 0.526. The van der Waals surface area contributed by atoms with Crippen LogP contribution in [0.25, 0.3) is 5.82 Å². The molecule has 2 aromatic heterocycles. The summed E-state index contributed by atoms with van der Waals surface area (Å²) < 4.78 is 44.6. The number of pyridine rings is 1. The lowest BCUT2D eigenvalue weighted by Gasteiger charge is -2.35. The van der Waals surface area contributed by atoms with E-state index in [-0.39, 0.29) is 23.0 Å². The van der Waals surface area contributed by atoms with Gasteiger partial charge >= 0.3 is 6.18 Å². The third-order valence-electron chi connectivity index (χ3n) is 4.67. The predicted molar refractivity (Wildman–Crippen MR) is 107 cm³/mol. The number of alkyl halides is 3. The van der Waals surface area contributed by atoms with Gasteiger partial charge in [0.05, 0.1) is 29.7 Å². The number of nitrogens with one attached hydrogen (secondary N) is 1. The lowest BCUT2D eigenvalue weighted by molar-refractivity contribution is -0.137. The molecule has 0 saturated carbocycles. The Balaban J connectivity index is 1.60. The molecular formula is C19H23ClF3N5O2. The first-order chi connectivity index (χ1) is 14.1. The number of morpholine rings is 1. The molecule has 1 aliphatic heterocycles. The Hall–Kier alpha value is -2.17. The van der Waals surface area contributed by atoms with Crippen LogP contribution in [0.2, 0.25) is 5.02 Å². The maximum atomic E-state index is 12.7. The molecule has 7 nitrogen and oxygen atoms in total. The number of ether oxygens (including phenoxy) is 1. The number of rotatable bonds is 6. The zero-order chi connectivity index (χ0) is 21.9. The minimum absolute atomic E-state index is 0.0444. The van der Waals surface area contributed by atoms with E-state index in [0.29, 0.717) is 18.4 Å². The molecule has 0 aromatic carbocycles. The minimum atomic E-state index is -4.51. The van der Waals surface area contributed by atoms with E-state index in [9.17, 15) is 18.0 Å². The Morgan fingerprint density at radius 1 is 1.23 bits per heavy atom. The quantitative estimate of drug-likeness (QED) is 0.688. The Bertz CT molecular complexity index is 910. The van der Waals surface area contributed by atoms with E-state index < -0.39 is 17.3 Å². The van der Waals surface area contributed by atoms with Crippen molar-refractivity contribution in [1.29, 1.82) is 0 Å². The number of halogens is 4. The number of anilines is 1. The molecule has 1 saturated heterocycles. The molecule has 2 atom stereocenters. The van der Waals surface area contributed by atoms with Gasteiger partial charge in [-0.3, -0.25) is 9.69 Å². The Kier molecular flexibility index (Phi) is 6.99. The molecule has 164 valence electrons. The second kappa shape index (κ2) is 9.32. The Labute approximate surface area is 176 Å². The van der Waals surface area contributed by atoms with Crippen LogP contribution in [0.3, 0.4) is 0 Å². The van der Waals surface area contributed by atoms with E-state index in [1.165, 1.54) is 6.20 Å². The van der Waals surface area contributed by atoms with Crippen LogP contribution in [0.1, 0.15) is 25.8 Å². The average Bonchev–Trinajstić information content (AvgIpc) is 2.67. The summed E-state index contributed by atoms with van der Waals surface area (Å²) in [6.07, 6.45) is -1.26. The third kappa shape index (κ3) is 5.50. The molecule has 3 rings (SSSR count). The second-order valence-corrected chi connectivity index (χ2v) is 7.67.